The van der Waals surface area contributed by atoms with Crippen molar-refractivity contribution in [2.75, 3.05) is 13.2 Å². The summed E-state index contributed by atoms with van der Waals surface area (Å²) in [7, 11) is 0. The van der Waals surface area contributed by atoms with Gasteiger partial charge >= 0.3 is 0 Å². The number of aliphatic hydroxyl groups excluding tert-OH is 3. The highest BCUT2D eigenvalue weighted by Crippen LogP contribution is 2.34. The molecule has 0 radical (unpaired) electrons. The maximum atomic E-state index is 10.3. The molecule has 1 heterocycles. The smallest absolute Gasteiger partial charge is 0.119 e. The lowest BCUT2D eigenvalue weighted by Gasteiger charge is -2.37. The second-order valence-corrected chi connectivity index (χ2v) is 7.17. The molecule has 146 valence electrons. The highest BCUT2D eigenvalue weighted by atomic mass is 35.5. The summed E-state index contributed by atoms with van der Waals surface area (Å²) in [4.78, 5) is 0. The quantitative estimate of drug-likeness (QED) is 0.704. The Kier molecular flexibility index (Phi) is 6.73. The Morgan fingerprint density at radius 2 is 1.89 bits per heavy atom. The number of aliphatic hydroxyl groups is 3. The average molecular weight is 393 g/mol. The van der Waals surface area contributed by atoms with E-state index in [-0.39, 0.29) is 13.0 Å². The van der Waals surface area contributed by atoms with Gasteiger partial charge in [-0.05, 0) is 48.2 Å². The number of rotatable bonds is 6. The summed E-state index contributed by atoms with van der Waals surface area (Å²) in [6.07, 6.45) is -2.37. The zero-order chi connectivity index (χ0) is 19.4. The number of hydrogen-bond acceptors (Lipinski definition) is 5. The van der Waals surface area contributed by atoms with Crippen LogP contribution in [0.3, 0.4) is 0 Å². The molecular weight excluding hydrogens is 368 g/mol. The maximum absolute atomic E-state index is 10.3. The van der Waals surface area contributed by atoms with Gasteiger partial charge in [0.15, 0.2) is 0 Å². The fraction of sp³-hybridized carbons (Fsp3) is 0.429. The van der Waals surface area contributed by atoms with Crippen molar-refractivity contribution in [1.82, 2.24) is 0 Å². The fourth-order valence-corrected chi connectivity index (χ4v) is 3.53. The molecule has 0 spiro atoms. The van der Waals surface area contributed by atoms with Crippen LogP contribution in [0.25, 0.3) is 0 Å². The predicted octanol–water partition coefficient (Wildman–Crippen LogP) is 2.87. The molecule has 0 bridgehead atoms. The van der Waals surface area contributed by atoms with Crippen molar-refractivity contribution in [3.8, 4) is 5.75 Å². The van der Waals surface area contributed by atoms with Crippen molar-refractivity contribution in [3.63, 3.8) is 0 Å². The molecular formula is C21H25ClO5. The van der Waals surface area contributed by atoms with E-state index in [2.05, 4.69) is 0 Å². The van der Waals surface area contributed by atoms with Gasteiger partial charge in [0.1, 0.15) is 18.0 Å². The standard InChI is InChI=1S/C21H25ClO5/c1-2-26-16-6-3-13(4-7-16)9-15-10-14(5-8-18(15)22)21-20(25)19(24)11-17(12-23)27-21/h3-8,10,17,19-21,23-25H,2,9,11-12H2,1H3/t17?,19-,20+,21-/m0/s1. The van der Waals surface area contributed by atoms with Gasteiger partial charge in [-0.25, -0.2) is 0 Å². The number of hydrogen-bond donors (Lipinski definition) is 3. The highest BCUT2D eigenvalue weighted by Gasteiger charge is 2.37. The number of ether oxygens (including phenoxy) is 2. The fourth-order valence-electron chi connectivity index (χ4n) is 3.34. The van der Waals surface area contributed by atoms with Crippen LogP contribution in [0.2, 0.25) is 5.02 Å². The van der Waals surface area contributed by atoms with Crippen LogP contribution in [-0.4, -0.2) is 46.8 Å². The van der Waals surface area contributed by atoms with Crippen molar-refractivity contribution in [2.45, 2.75) is 44.2 Å². The molecule has 0 saturated carbocycles. The van der Waals surface area contributed by atoms with E-state index < -0.39 is 24.4 Å². The van der Waals surface area contributed by atoms with Crippen LogP contribution in [-0.2, 0) is 11.2 Å². The van der Waals surface area contributed by atoms with E-state index in [9.17, 15) is 15.3 Å². The SMILES string of the molecule is CCOc1ccc(Cc2cc([C@@H]3OC(CO)C[C@H](O)[C@H]3O)ccc2Cl)cc1. The molecule has 0 aromatic heterocycles. The molecule has 4 atom stereocenters. The Hall–Kier alpha value is -1.63. The molecule has 1 aliphatic rings. The van der Waals surface area contributed by atoms with Crippen molar-refractivity contribution in [1.29, 1.82) is 0 Å². The van der Waals surface area contributed by atoms with Crippen molar-refractivity contribution in [3.05, 3.63) is 64.2 Å². The average Bonchev–Trinajstić information content (AvgIpc) is 2.67. The lowest BCUT2D eigenvalue weighted by molar-refractivity contribution is -0.179. The van der Waals surface area contributed by atoms with Crippen molar-refractivity contribution < 1.29 is 24.8 Å². The van der Waals surface area contributed by atoms with Crippen LogP contribution in [0, 0.1) is 0 Å². The molecule has 2 aromatic rings. The molecule has 5 nitrogen and oxygen atoms in total. The van der Waals surface area contributed by atoms with Crippen LogP contribution >= 0.6 is 11.6 Å². The van der Waals surface area contributed by atoms with Crippen LogP contribution < -0.4 is 4.74 Å². The minimum absolute atomic E-state index is 0.201. The summed E-state index contributed by atoms with van der Waals surface area (Å²) in [5, 5.41) is 30.4. The summed E-state index contributed by atoms with van der Waals surface area (Å²) < 4.78 is 11.2. The highest BCUT2D eigenvalue weighted by molar-refractivity contribution is 6.31. The second kappa shape index (κ2) is 9.04. The molecule has 1 unspecified atom stereocenters. The van der Waals surface area contributed by atoms with Gasteiger partial charge in [-0.2, -0.15) is 0 Å². The van der Waals surface area contributed by atoms with Gasteiger partial charge in [-0.1, -0.05) is 35.9 Å². The lowest BCUT2D eigenvalue weighted by atomic mass is 9.91. The zero-order valence-electron chi connectivity index (χ0n) is 15.2. The van der Waals surface area contributed by atoms with Crippen LogP contribution in [0.15, 0.2) is 42.5 Å². The summed E-state index contributed by atoms with van der Waals surface area (Å²) in [5.74, 6) is 0.823. The molecule has 0 amide bonds. The second-order valence-electron chi connectivity index (χ2n) is 6.76. The van der Waals surface area contributed by atoms with Crippen LogP contribution in [0.5, 0.6) is 5.75 Å². The first-order chi connectivity index (χ1) is 13.0. The number of halogens is 1. The molecule has 3 N–H and O–H groups in total. The predicted molar refractivity (Wildman–Crippen MR) is 103 cm³/mol. The largest absolute Gasteiger partial charge is 0.494 e. The molecule has 3 rings (SSSR count). The van der Waals surface area contributed by atoms with Crippen LogP contribution in [0.4, 0.5) is 0 Å². The van der Waals surface area contributed by atoms with E-state index in [1.807, 2.05) is 37.3 Å². The molecule has 2 aromatic carbocycles. The maximum Gasteiger partial charge on any atom is 0.119 e. The Morgan fingerprint density at radius 3 is 2.56 bits per heavy atom. The van der Waals surface area contributed by atoms with E-state index >= 15 is 0 Å². The van der Waals surface area contributed by atoms with Gasteiger partial charge < -0.3 is 24.8 Å². The molecule has 1 saturated heterocycles. The van der Waals surface area contributed by atoms with E-state index in [4.69, 9.17) is 21.1 Å². The van der Waals surface area contributed by atoms with Gasteiger partial charge in [0.05, 0.1) is 25.4 Å². The molecule has 0 aliphatic carbocycles. The lowest BCUT2D eigenvalue weighted by Crippen LogP contribution is -2.44. The number of benzene rings is 2. The summed E-state index contributed by atoms with van der Waals surface area (Å²) >= 11 is 6.37. The third kappa shape index (κ3) is 4.81. The monoisotopic (exact) mass is 392 g/mol. The third-order valence-electron chi connectivity index (χ3n) is 4.78. The Balaban J connectivity index is 1.81. The van der Waals surface area contributed by atoms with Gasteiger partial charge in [0.2, 0.25) is 0 Å². The first-order valence-electron chi connectivity index (χ1n) is 9.14. The minimum Gasteiger partial charge on any atom is -0.494 e. The van der Waals surface area contributed by atoms with Gasteiger partial charge in [-0.15, -0.1) is 0 Å². The Morgan fingerprint density at radius 1 is 1.15 bits per heavy atom. The minimum atomic E-state index is -1.05. The van der Waals surface area contributed by atoms with E-state index in [1.165, 1.54) is 0 Å². The summed E-state index contributed by atoms with van der Waals surface area (Å²) in [6.45, 7) is 2.36. The summed E-state index contributed by atoms with van der Waals surface area (Å²) in [5.41, 5.74) is 2.70. The topological polar surface area (TPSA) is 79.2 Å². The molecule has 6 heteroatoms. The first-order valence-corrected chi connectivity index (χ1v) is 9.52. The van der Waals surface area contributed by atoms with Crippen molar-refractivity contribution >= 4 is 11.6 Å². The van der Waals surface area contributed by atoms with Gasteiger partial charge in [0.25, 0.3) is 0 Å². The normalized spacial score (nSPS) is 25.4. The van der Waals surface area contributed by atoms with Crippen molar-refractivity contribution in [2.24, 2.45) is 0 Å². The van der Waals surface area contributed by atoms with Gasteiger partial charge in [-0.3, -0.25) is 0 Å². The van der Waals surface area contributed by atoms with Crippen LogP contribution in [0.1, 0.15) is 36.1 Å². The molecule has 27 heavy (non-hydrogen) atoms. The van der Waals surface area contributed by atoms with E-state index in [0.29, 0.717) is 18.1 Å². The summed E-state index contributed by atoms with van der Waals surface area (Å²) in [6, 6.07) is 13.3. The Labute approximate surface area is 164 Å². The van der Waals surface area contributed by atoms with E-state index in [0.717, 1.165) is 22.4 Å². The molecule has 1 fully saturated rings. The first kappa shape index (κ1) is 20.1. The van der Waals surface area contributed by atoms with Gasteiger partial charge in [0, 0.05) is 11.4 Å². The Bertz CT molecular complexity index is 749. The zero-order valence-corrected chi connectivity index (χ0v) is 16.0. The molecule has 1 aliphatic heterocycles. The third-order valence-corrected chi connectivity index (χ3v) is 5.15. The van der Waals surface area contributed by atoms with E-state index in [1.54, 1.807) is 12.1 Å².